The Morgan fingerprint density at radius 3 is 2.26 bits per heavy atom. The molecule has 0 radical (unpaired) electrons. The molecule has 1 heterocycles. The monoisotopic (exact) mass is 259 g/mol. The van der Waals surface area contributed by atoms with Crippen LogP contribution in [0.25, 0.3) is 0 Å². The van der Waals surface area contributed by atoms with Gasteiger partial charge in [-0.25, -0.2) is 4.98 Å². The average molecular weight is 259 g/mol. The van der Waals surface area contributed by atoms with E-state index in [1.54, 1.807) is 7.11 Å². The molecule has 4 nitrogen and oxygen atoms in total. The van der Waals surface area contributed by atoms with Gasteiger partial charge in [0.15, 0.2) is 0 Å². The van der Waals surface area contributed by atoms with Crippen molar-refractivity contribution in [3.8, 4) is 5.75 Å². The molecule has 0 aliphatic rings. The number of ether oxygens (including phenoxy) is 1. The van der Waals surface area contributed by atoms with E-state index in [2.05, 4.69) is 28.6 Å². The van der Waals surface area contributed by atoms with Gasteiger partial charge in [0.25, 0.3) is 0 Å². The summed E-state index contributed by atoms with van der Waals surface area (Å²) in [6.07, 6.45) is 1.86. The molecule has 1 aromatic heterocycles. The predicted octanol–water partition coefficient (Wildman–Crippen LogP) is 2.45. The first-order valence-corrected chi connectivity index (χ1v) is 6.44. The van der Waals surface area contributed by atoms with E-state index in [1.165, 1.54) is 0 Å². The molecule has 19 heavy (non-hydrogen) atoms. The van der Waals surface area contributed by atoms with E-state index in [0.29, 0.717) is 0 Å². The molecule has 4 heteroatoms. The summed E-state index contributed by atoms with van der Waals surface area (Å²) < 4.78 is 7.33. The van der Waals surface area contributed by atoms with Gasteiger partial charge in [-0.15, -0.1) is 0 Å². The summed E-state index contributed by atoms with van der Waals surface area (Å²) in [5, 5.41) is 0. The van der Waals surface area contributed by atoms with E-state index in [9.17, 15) is 0 Å². The van der Waals surface area contributed by atoms with Gasteiger partial charge in [0.2, 0.25) is 0 Å². The van der Waals surface area contributed by atoms with E-state index >= 15 is 0 Å². The predicted molar refractivity (Wildman–Crippen MR) is 76.5 cm³/mol. The Bertz CT molecular complexity index is 543. The van der Waals surface area contributed by atoms with Crippen LogP contribution in [-0.2, 0) is 0 Å². The van der Waals surface area contributed by atoms with Crippen molar-refractivity contribution in [2.75, 3.05) is 7.11 Å². The smallest absolute Gasteiger partial charge is 0.118 e. The number of methoxy groups -OCH3 is 1. The van der Waals surface area contributed by atoms with E-state index in [0.717, 1.165) is 22.7 Å². The van der Waals surface area contributed by atoms with Gasteiger partial charge in [0, 0.05) is 11.7 Å². The van der Waals surface area contributed by atoms with E-state index < -0.39 is 0 Å². The minimum atomic E-state index is 0.000643. The van der Waals surface area contributed by atoms with Gasteiger partial charge in [-0.1, -0.05) is 12.1 Å². The minimum Gasteiger partial charge on any atom is -0.497 e. The molecule has 1 aromatic carbocycles. The molecule has 102 valence electrons. The van der Waals surface area contributed by atoms with Crippen LogP contribution in [0.15, 0.2) is 30.6 Å². The Kier molecular flexibility index (Phi) is 3.90. The Labute approximate surface area is 114 Å². The van der Waals surface area contributed by atoms with Crippen LogP contribution < -0.4 is 10.5 Å². The first kappa shape index (κ1) is 13.6. The second-order valence-corrected chi connectivity index (χ2v) is 4.90. The second-order valence-electron chi connectivity index (χ2n) is 4.90. The van der Waals surface area contributed by atoms with Gasteiger partial charge < -0.3 is 15.0 Å². The lowest BCUT2D eigenvalue weighted by Crippen LogP contribution is -2.30. The molecule has 0 saturated carbocycles. The number of benzene rings is 1. The first-order chi connectivity index (χ1) is 9.04. The lowest BCUT2D eigenvalue weighted by atomic mass is 10.0. The van der Waals surface area contributed by atoms with Crippen molar-refractivity contribution in [3.05, 3.63) is 47.5 Å². The summed E-state index contributed by atoms with van der Waals surface area (Å²) in [4.78, 5) is 4.36. The highest BCUT2D eigenvalue weighted by atomic mass is 16.5. The first-order valence-electron chi connectivity index (χ1n) is 6.44. The number of rotatable bonds is 4. The van der Waals surface area contributed by atoms with Gasteiger partial charge in [-0.05, 0) is 38.5 Å². The summed E-state index contributed by atoms with van der Waals surface area (Å²) in [7, 11) is 1.67. The van der Waals surface area contributed by atoms with Gasteiger partial charge in [-0.3, -0.25) is 0 Å². The second kappa shape index (κ2) is 5.45. The Morgan fingerprint density at radius 1 is 1.21 bits per heavy atom. The standard InChI is InChI=1S/C15H21N3O/c1-10(16)15(18-9-17-11(2)12(18)3)13-5-7-14(19-4)8-6-13/h5-10,15H,16H2,1-4H3. The number of hydrogen-bond acceptors (Lipinski definition) is 3. The van der Waals surface area contributed by atoms with Crippen LogP contribution in [0.3, 0.4) is 0 Å². The average Bonchev–Trinajstić information content (AvgIpc) is 2.72. The molecule has 0 spiro atoms. The fraction of sp³-hybridized carbons (Fsp3) is 0.400. The van der Waals surface area contributed by atoms with Crippen molar-refractivity contribution >= 4 is 0 Å². The zero-order chi connectivity index (χ0) is 14.0. The van der Waals surface area contributed by atoms with Gasteiger partial charge in [0.05, 0.1) is 25.2 Å². The summed E-state index contributed by atoms with van der Waals surface area (Å²) in [5.41, 5.74) is 9.52. The normalized spacial score (nSPS) is 14.2. The van der Waals surface area contributed by atoms with Crippen molar-refractivity contribution in [1.29, 1.82) is 0 Å². The minimum absolute atomic E-state index is 0.000643. The third-order valence-electron chi connectivity index (χ3n) is 3.54. The van der Waals surface area contributed by atoms with Crippen molar-refractivity contribution < 1.29 is 4.74 Å². The molecule has 0 amide bonds. The lowest BCUT2D eigenvalue weighted by Gasteiger charge is -2.24. The van der Waals surface area contributed by atoms with Gasteiger partial charge in [-0.2, -0.15) is 0 Å². The maximum Gasteiger partial charge on any atom is 0.118 e. The highest BCUT2D eigenvalue weighted by Gasteiger charge is 2.20. The van der Waals surface area contributed by atoms with E-state index in [1.807, 2.05) is 32.3 Å². The van der Waals surface area contributed by atoms with Crippen LogP contribution in [0.2, 0.25) is 0 Å². The van der Waals surface area contributed by atoms with Crippen LogP contribution in [0.5, 0.6) is 5.75 Å². The SMILES string of the molecule is COc1ccc(C(C(C)N)n2cnc(C)c2C)cc1. The maximum absolute atomic E-state index is 6.17. The number of nitrogens with zero attached hydrogens (tertiary/aromatic N) is 2. The molecule has 2 atom stereocenters. The van der Waals surface area contributed by atoms with Gasteiger partial charge >= 0.3 is 0 Å². The number of imidazole rings is 1. The largest absolute Gasteiger partial charge is 0.497 e. The Hall–Kier alpha value is -1.81. The molecule has 0 bridgehead atoms. The summed E-state index contributed by atoms with van der Waals surface area (Å²) in [6.45, 7) is 6.10. The van der Waals surface area contributed by atoms with Crippen LogP contribution in [0.1, 0.15) is 29.9 Å². The summed E-state index contributed by atoms with van der Waals surface area (Å²) in [6, 6.07) is 8.13. The van der Waals surface area contributed by atoms with Crippen molar-refractivity contribution in [1.82, 2.24) is 9.55 Å². The zero-order valence-corrected chi connectivity index (χ0v) is 11.9. The van der Waals surface area contributed by atoms with Crippen LogP contribution in [-0.4, -0.2) is 22.7 Å². The number of nitrogens with two attached hydrogens (primary N) is 1. The quantitative estimate of drug-likeness (QED) is 0.917. The zero-order valence-electron chi connectivity index (χ0n) is 11.9. The summed E-state index contributed by atoms with van der Waals surface area (Å²) in [5.74, 6) is 0.853. The van der Waals surface area contributed by atoms with Crippen molar-refractivity contribution in [2.24, 2.45) is 5.73 Å². The van der Waals surface area contributed by atoms with Crippen LogP contribution >= 0.6 is 0 Å². The van der Waals surface area contributed by atoms with Crippen LogP contribution in [0, 0.1) is 13.8 Å². The Morgan fingerprint density at radius 2 is 1.84 bits per heavy atom. The third kappa shape index (κ3) is 2.63. The maximum atomic E-state index is 6.17. The van der Waals surface area contributed by atoms with Crippen molar-refractivity contribution in [2.45, 2.75) is 32.9 Å². The lowest BCUT2D eigenvalue weighted by molar-refractivity contribution is 0.414. The topological polar surface area (TPSA) is 53.1 Å². The summed E-state index contributed by atoms with van der Waals surface area (Å²) >= 11 is 0. The van der Waals surface area contributed by atoms with E-state index in [-0.39, 0.29) is 12.1 Å². The molecule has 0 fully saturated rings. The number of hydrogen-bond donors (Lipinski definition) is 1. The van der Waals surface area contributed by atoms with Crippen LogP contribution in [0.4, 0.5) is 0 Å². The molecule has 0 saturated heterocycles. The molecule has 0 aliphatic heterocycles. The van der Waals surface area contributed by atoms with Crippen molar-refractivity contribution in [3.63, 3.8) is 0 Å². The Balaban J connectivity index is 2.42. The third-order valence-corrected chi connectivity index (χ3v) is 3.54. The molecular weight excluding hydrogens is 238 g/mol. The fourth-order valence-electron chi connectivity index (χ4n) is 2.31. The molecule has 2 N–H and O–H groups in total. The van der Waals surface area contributed by atoms with Gasteiger partial charge in [0.1, 0.15) is 5.75 Å². The highest BCUT2D eigenvalue weighted by Crippen LogP contribution is 2.25. The highest BCUT2D eigenvalue weighted by molar-refractivity contribution is 5.31. The molecule has 0 aliphatic carbocycles. The molecular formula is C15H21N3O. The fourth-order valence-corrected chi connectivity index (χ4v) is 2.31. The molecule has 2 rings (SSSR count). The van der Waals surface area contributed by atoms with E-state index in [4.69, 9.17) is 10.5 Å². The number of aromatic nitrogens is 2. The molecule has 2 aromatic rings. The molecule has 2 unspecified atom stereocenters. The number of aryl methyl sites for hydroxylation is 1.